The molecule has 0 saturated heterocycles. The number of rotatable bonds is 6. The summed E-state index contributed by atoms with van der Waals surface area (Å²) >= 11 is 0. The minimum Gasteiger partial charge on any atom is -0.396 e. The Kier molecular flexibility index (Phi) is 19.9. The van der Waals surface area contributed by atoms with Crippen molar-refractivity contribution in [2.45, 2.75) is 282 Å². The molecule has 8 fully saturated rings. The van der Waals surface area contributed by atoms with Gasteiger partial charge < -0.3 is 19.1 Å². The number of benzene rings is 6. The van der Waals surface area contributed by atoms with Gasteiger partial charge in [0.2, 0.25) is 16.6 Å². The first-order valence-electron chi connectivity index (χ1n) is 41.8. The van der Waals surface area contributed by atoms with Gasteiger partial charge in [-0.3, -0.25) is 0 Å². The molecular weight excluding hydrogens is 1320 g/mol. The van der Waals surface area contributed by atoms with Gasteiger partial charge in [0.05, 0.1) is 0 Å². The van der Waals surface area contributed by atoms with Crippen LogP contribution in [0.15, 0.2) is 133 Å². The van der Waals surface area contributed by atoms with E-state index >= 15 is 0 Å². The van der Waals surface area contributed by atoms with Gasteiger partial charge in [0.1, 0.15) is 22.4 Å². The maximum atomic E-state index is 10.9. The third-order valence-electron chi connectivity index (χ3n) is 32.8. The van der Waals surface area contributed by atoms with E-state index < -0.39 is 39.0 Å². The summed E-state index contributed by atoms with van der Waals surface area (Å²) in [6.45, 7) is 27.6. The molecule has 0 aromatic heterocycles. The van der Waals surface area contributed by atoms with Gasteiger partial charge in [-0.1, -0.05) is 207 Å². The third-order valence-corrected chi connectivity index (χ3v) is 38.0. The first kappa shape index (κ1) is 75.3. The fraction of sp³-hybridized carbons (Fsp3) is 0.560. The van der Waals surface area contributed by atoms with Crippen LogP contribution in [0, 0.1) is 146 Å². The average molecular weight is 1450 g/mol. The molecule has 0 unspecified atom stereocenters. The Balaban J connectivity index is 0.000000115. The van der Waals surface area contributed by atoms with Gasteiger partial charge in [0.15, 0.2) is 0 Å². The fourth-order valence-corrected chi connectivity index (χ4v) is 31.6. The summed E-state index contributed by atoms with van der Waals surface area (Å²) in [6, 6.07) is 49.9. The van der Waals surface area contributed by atoms with E-state index in [0.717, 1.165) is 63.2 Å². The van der Waals surface area contributed by atoms with Gasteiger partial charge in [0.25, 0.3) is 0 Å². The van der Waals surface area contributed by atoms with Gasteiger partial charge in [-0.15, -0.1) is 25.7 Å². The van der Waals surface area contributed by atoms with Crippen molar-refractivity contribution in [3.8, 4) is 49.4 Å². The summed E-state index contributed by atoms with van der Waals surface area (Å²) in [4.78, 5) is 0. The Hall–Kier alpha value is -6.17. The molecule has 0 aliphatic heterocycles. The third kappa shape index (κ3) is 12.2. The Morgan fingerprint density at radius 2 is 0.594 bits per heavy atom. The van der Waals surface area contributed by atoms with E-state index in [-0.39, 0.29) is 21.7 Å². The van der Waals surface area contributed by atoms with Gasteiger partial charge in [-0.2, -0.15) is 0 Å². The predicted molar refractivity (Wildman–Crippen MR) is 443 cm³/mol. The van der Waals surface area contributed by atoms with Crippen LogP contribution in [0.25, 0.3) is 0 Å². The van der Waals surface area contributed by atoms with E-state index in [9.17, 15) is 10.2 Å². The lowest BCUT2D eigenvalue weighted by atomic mass is 9.53. The van der Waals surface area contributed by atoms with Crippen LogP contribution < -0.4 is 10.4 Å². The minimum atomic E-state index is -2.11. The summed E-state index contributed by atoms with van der Waals surface area (Å²) < 4.78 is 14.3. The van der Waals surface area contributed by atoms with Crippen molar-refractivity contribution in [3.05, 3.63) is 200 Å². The van der Waals surface area contributed by atoms with Crippen LogP contribution in [0.2, 0.25) is 26.2 Å². The topological polar surface area (TPSA) is 58.9 Å². The van der Waals surface area contributed by atoms with Gasteiger partial charge in [-0.25, -0.2) is 0 Å². The molecule has 556 valence electrons. The molecule has 106 heavy (non-hydrogen) atoms. The van der Waals surface area contributed by atoms with Crippen LogP contribution in [0.4, 0.5) is 0 Å². The normalized spacial score (nSPS) is 37.9. The predicted octanol–water partition coefficient (Wildman–Crippen LogP) is 21.1. The van der Waals surface area contributed by atoms with Crippen molar-refractivity contribution in [2.75, 3.05) is 0 Å². The summed E-state index contributed by atoms with van der Waals surface area (Å²) in [7, 11) is -4.22. The number of hydrogen-bond acceptors (Lipinski definition) is 4. The summed E-state index contributed by atoms with van der Waals surface area (Å²) in [5, 5.41) is 24.6. The lowest BCUT2D eigenvalue weighted by molar-refractivity contribution is -0.0647. The van der Waals surface area contributed by atoms with Crippen molar-refractivity contribution in [2.24, 2.45) is 69.0 Å². The molecule has 12 aliphatic rings. The van der Waals surface area contributed by atoms with Gasteiger partial charge in [0, 0.05) is 21.7 Å². The molecule has 0 bridgehead atoms. The standard InChI is InChI=1S/2C29H36OSi.2C21H26O/c2*1-6-29(30-31(4,5)23-10-8-7-9-11-23)19-17-27-26-15-13-22-20-21(2)12-14-24(22)25(26)16-18-28(27,29)3;2*1-4-21(22)12-10-19-18-8-6-15-13-14(2)5-7-16(15)17(18)9-11-20(19,21)3/h2*1,7-12,14,20,25-27H,13,15-19H2,2-5H3;2*1,5,7,13,17-19,22H,6,8-12H2,2-3H3/t2*25-,26-,27+,28+,29+;2*17-,18-,19+,20+,21+/m1111/s1. The molecule has 0 radical (unpaired) electrons. The maximum absolute atomic E-state index is 10.9. The average Bonchev–Trinajstić information content (AvgIpc) is 1.71. The second kappa shape index (κ2) is 28.0. The van der Waals surface area contributed by atoms with E-state index in [4.69, 9.17) is 34.5 Å². The highest BCUT2D eigenvalue weighted by atomic mass is 28.4. The minimum absolute atomic E-state index is 0.0736. The van der Waals surface area contributed by atoms with E-state index in [2.05, 4.69) is 239 Å². The van der Waals surface area contributed by atoms with E-state index in [1.54, 1.807) is 44.5 Å². The Bertz CT molecular complexity index is 4180. The lowest BCUT2D eigenvalue weighted by Gasteiger charge is -2.54. The molecule has 8 saturated carbocycles. The van der Waals surface area contributed by atoms with Crippen LogP contribution in [0.1, 0.15) is 247 Å². The number of fused-ring (bicyclic) bond motifs is 20. The maximum Gasteiger partial charge on any atom is 0.220 e. The second-order valence-corrected chi connectivity index (χ2v) is 46.0. The smallest absolute Gasteiger partial charge is 0.220 e. The largest absolute Gasteiger partial charge is 0.396 e. The highest BCUT2D eigenvalue weighted by Gasteiger charge is 2.67. The molecule has 0 spiro atoms. The van der Waals surface area contributed by atoms with Crippen LogP contribution in [-0.4, -0.2) is 49.3 Å². The highest BCUT2D eigenvalue weighted by molar-refractivity contribution is 6.85. The molecule has 2 N–H and O–H groups in total. The zero-order valence-electron chi connectivity index (χ0n) is 66.6. The SMILES string of the molecule is C#C[C@]1(O)CC[C@H]2[C@@H]3CCc4cc(C)ccc4[C@H]3CC[C@@]21C.C#C[C@]1(O)CC[C@H]2[C@@H]3CCc4cc(C)ccc4[C@H]3CC[C@@]21C.C#C[C@]1(O[Si](C)(C)c2ccccc2)CC[C@H]2[C@@H]3CCc4cc(C)ccc4[C@H]3CC[C@@]21C.C#C[C@]1(O[Si](C)(C)c2ccccc2)CC[C@H]2[C@@H]3CCc4cc(C)ccc4[C@H]3CC[C@@]21C. The molecule has 18 rings (SSSR count). The van der Waals surface area contributed by atoms with Crippen LogP contribution >= 0.6 is 0 Å². The van der Waals surface area contributed by atoms with E-state index in [1.807, 2.05) is 0 Å². The molecule has 0 amide bonds. The Morgan fingerprint density at radius 1 is 0.330 bits per heavy atom. The zero-order valence-corrected chi connectivity index (χ0v) is 68.6. The monoisotopic (exact) mass is 1440 g/mol. The molecule has 6 aromatic rings. The Labute approximate surface area is 642 Å². The number of terminal acetylenes is 4. The molecule has 6 heteroatoms. The fourth-order valence-electron chi connectivity index (χ4n) is 26.9. The van der Waals surface area contributed by atoms with Crippen LogP contribution in [0.5, 0.6) is 0 Å². The number of aliphatic hydroxyl groups is 2. The van der Waals surface area contributed by atoms with Crippen molar-refractivity contribution in [1.82, 2.24) is 0 Å². The molecule has 20 atom stereocenters. The van der Waals surface area contributed by atoms with Crippen molar-refractivity contribution < 1.29 is 19.1 Å². The molecule has 12 aliphatic carbocycles. The van der Waals surface area contributed by atoms with Crippen molar-refractivity contribution >= 4 is 27.0 Å². The summed E-state index contributed by atoms with van der Waals surface area (Å²) in [5.74, 6) is 20.2. The number of hydrogen-bond donors (Lipinski definition) is 2. The first-order valence-corrected chi connectivity index (χ1v) is 47.6. The molecular formula is C100H124O4Si2. The van der Waals surface area contributed by atoms with E-state index in [1.165, 1.54) is 135 Å². The van der Waals surface area contributed by atoms with Crippen molar-refractivity contribution in [1.29, 1.82) is 0 Å². The number of aryl methyl sites for hydroxylation is 8. The molecule has 0 heterocycles. The van der Waals surface area contributed by atoms with Crippen LogP contribution in [0.3, 0.4) is 0 Å². The summed E-state index contributed by atoms with van der Waals surface area (Å²) in [5.41, 5.74) is 15.7. The van der Waals surface area contributed by atoms with Gasteiger partial charge >= 0.3 is 0 Å². The highest BCUT2D eigenvalue weighted by Crippen LogP contribution is 2.70. The van der Waals surface area contributed by atoms with Crippen molar-refractivity contribution in [3.63, 3.8) is 0 Å². The van der Waals surface area contributed by atoms with Gasteiger partial charge in [-0.05, 0) is 334 Å². The Morgan fingerprint density at radius 3 is 0.868 bits per heavy atom. The van der Waals surface area contributed by atoms with E-state index in [0.29, 0.717) is 59.2 Å². The second-order valence-electron chi connectivity index (χ2n) is 38.4. The van der Waals surface area contributed by atoms with Crippen LogP contribution in [-0.2, 0) is 34.5 Å². The quantitative estimate of drug-likeness (QED) is 0.129. The zero-order chi connectivity index (χ0) is 74.8. The molecule has 4 nitrogen and oxygen atoms in total. The molecule has 6 aromatic carbocycles. The lowest BCUT2D eigenvalue weighted by Crippen LogP contribution is -2.58. The first-order chi connectivity index (χ1) is 50.6. The summed E-state index contributed by atoms with van der Waals surface area (Å²) in [6.07, 6.45) is 51.7.